The molecule has 2 aliphatic heterocycles. The largest absolute Gasteiger partial charge is 0.465 e. The molecule has 3 aliphatic rings. The normalized spacial score (nSPS) is 23.5. The van der Waals surface area contributed by atoms with Gasteiger partial charge in [0.05, 0.1) is 24.5 Å². The van der Waals surface area contributed by atoms with Crippen LogP contribution in [0.5, 0.6) is 0 Å². The van der Waals surface area contributed by atoms with Crippen LogP contribution in [0.4, 0.5) is 5.69 Å². The summed E-state index contributed by atoms with van der Waals surface area (Å²) in [7, 11) is 1.33. The molecule has 4 rings (SSSR count). The van der Waals surface area contributed by atoms with Crippen LogP contribution in [0.1, 0.15) is 35.2 Å². The Balaban J connectivity index is 1.57. The molecule has 2 atom stereocenters. The predicted octanol–water partition coefficient (Wildman–Crippen LogP) is 1.70. The van der Waals surface area contributed by atoms with Crippen LogP contribution in [0.3, 0.4) is 0 Å². The van der Waals surface area contributed by atoms with Crippen LogP contribution in [0.2, 0.25) is 0 Å². The first-order chi connectivity index (χ1) is 13.5. The zero-order chi connectivity index (χ0) is 19.8. The molecule has 0 aromatic heterocycles. The molecule has 0 spiro atoms. The van der Waals surface area contributed by atoms with Gasteiger partial charge in [0.1, 0.15) is 6.54 Å². The molecule has 1 saturated heterocycles. The highest BCUT2D eigenvalue weighted by molar-refractivity contribution is 6.09. The van der Waals surface area contributed by atoms with E-state index < -0.39 is 5.97 Å². The first-order valence-corrected chi connectivity index (χ1v) is 9.53. The lowest BCUT2D eigenvalue weighted by molar-refractivity contribution is -0.143. The second-order valence-electron chi connectivity index (χ2n) is 7.36. The summed E-state index contributed by atoms with van der Waals surface area (Å²) in [6, 6.07) is 5.18. The van der Waals surface area contributed by atoms with Gasteiger partial charge < -0.3 is 9.64 Å². The van der Waals surface area contributed by atoms with Crippen molar-refractivity contribution in [3.05, 3.63) is 41.5 Å². The number of ether oxygens (including phenoxy) is 1. The van der Waals surface area contributed by atoms with E-state index in [1.807, 2.05) is 12.2 Å². The topological polar surface area (TPSA) is 84.0 Å². The first kappa shape index (κ1) is 18.4. The van der Waals surface area contributed by atoms with E-state index in [1.165, 1.54) is 7.11 Å². The molecule has 146 valence electrons. The highest BCUT2D eigenvalue weighted by atomic mass is 16.5. The molecule has 28 heavy (non-hydrogen) atoms. The van der Waals surface area contributed by atoms with E-state index >= 15 is 0 Å². The Morgan fingerprint density at radius 3 is 2.43 bits per heavy atom. The maximum Gasteiger partial charge on any atom is 0.338 e. The minimum absolute atomic E-state index is 0.256. The monoisotopic (exact) mass is 382 g/mol. The number of esters is 1. The van der Waals surface area contributed by atoms with Crippen LogP contribution in [-0.2, 0) is 25.5 Å². The van der Waals surface area contributed by atoms with Crippen molar-refractivity contribution in [3.63, 3.8) is 0 Å². The van der Waals surface area contributed by atoms with E-state index in [1.54, 1.807) is 23.1 Å². The van der Waals surface area contributed by atoms with Crippen LogP contribution < -0.4 is 4.90 Å². The Hall–Kier alpha value is -2.96. The van der Waals surface area contributed by atoms with Crippen molar-refractivity contribution >= 4 is 29.4 Å². The van der Waals surface area contributed by atoms with Crippen molar-refractivity contribution < 1.29 is 23.9 Å². The molecule has 7 nitrogen and oxygen atoms in total. The van der Waals surface area contributed by atoms with Crippen LogP contribution in [0.15, 0.2) is 30.4 Å². The van der Waals surface area contributed by atoms with Gasteiger partial charge in [-0.05, 0) is 43.4 Å². The summed E-state index contributed by atoms with van der Waals surface area (Å²) in [5.41, 5.74) is 1.87. The molecule has 0 radical (unpaired) electrons. The lowest BCUT2D eigenvalue weighted by atomic mass is 9.85. The number of hydrogen-bond donors (Lipinski definition) is 0. The summed E-state index contributed by atoms with van der Waals surface area (Å²) in [5, 5.41) is 0. The summed E-state index contributed by atoms with van der Waals surface area (Å²) >= 11 is 0. The van der Waals surface area contributed by atoms with E-state index in [2.05, 4.69) is 0 Å². The maximum absolute atomic E-state index is 13.0. The van der Waals surface area contributed by atoms with Gasteiger partial charge in [0, 0.05) is 12.2 Å². The Morgan fingerprint density at radius 1 is 1.11 bits per heavy atom. The Labute approximate surface area is 162 Å². The molecule has 7 heteroatoms. The molecule has 0 N–H and O–H groups in total. The lowest BCUT2D eigenvalue weighted by Gasteiger charge is -2.31. The van der Waals surface area contributed by atoms with E-state index in [0.29, 0.717) is 43.5 Å². The highest BCUT2D eigenvalue weighted by Gasteiger charge is 2.48. The lowest BCUT2D eigenvalue weighted by Crippen LogP contribution is -2.45. The smallest absolute Gasteiger partial charge is 0.338 e. The molecule has 0 saturated carbocycles. The Bertz CT molecular complexity index is 865. The fraction of sp³-hybridized carbons (Fsp3) is 0.429. The number of hydrogen-bond acceptors (Lipinski definition) is 5. The van der Waals surface area contributed by atoms with Gasteiger partial charge in [-0.3, -0.25) is 19.3 Å². The van der Waals surface area contributed by atoms with Gasteiger partial charge in [-0.25, -0.2) is 4.79 Å². The highest BCUT2D eigenvalue weighted by Crippen LogP contribution is 2.36. The third kappa shape index (κ3) is 2.91. The molecular weight excluding hydrogens is 360 g/mol. The number of fused-ring (bicyclic) bond motifs is 2. The second kappa shape index (κ2) is 7.22. The molecule has 1 aromatic carbocycles. The zero-order valence-electron chi connectivity index (χ0n) is 15.7. The fourth-order valence-electron chi connectivity index (χ4n) is 4.43. The van der Waals surface area contributed by atoms with Crippen LogP contribution >= 0.6 is 0 Å². The summed E-state index contributed by atoms with van der Waals surface area (Å²) in [6.45, 7) is 0.230. The number of benzene rings is 1. The third-order valence-corrected chi connectivity index (χ3v) is 5.85. The van der Waals surface area contributed by atoms with Crippen molar-refractivity contribution in [1.29, 1.82) is 0 Å². The van der Waals surface area contributed by atoms with E-state index in [0.717, 1.165) is 10.5 Å². The SMILES string of the molecule is COC(=O)c1cccc2c1CCCN2C(=O)CN1C(=O)[C@H]2CC=CC[C@H]2C1=O. The number of carbonyl (C=O) groups excluding carboxylic acids is 4. The molecular formula is C21H22N2O5. The van der Waals surface area contributed by atoms with Crippen LogP contribution in [-0.4, -0.2) is 48.8 Å². The van der Waals surface area contributed by atoms with Crippen molar-refractivity contribution in [2.75, 3.05) is 25.1 Å². The number of allylic oxidation sites excluding steroid dienone is 2. The molecule has 2 heterocycles. The second-order valence-corrected chi connectivity index (χ2v) is 7.36. The average molecular weight is 382 g/mol. The fourth-order valence-corrected chi connectivity index (χ4v) is 4.43. The van der Waals surface area contributed by atoms with Gasteiger partial charge in [0.2, 0.25) is 17.7 Å². The number of likely N-dealkylation sites (tertiary alicyclic amines) is 1. The first-order valence-electron chi connectivity index (χ1n) is 9.53. The van der Waals surface area contributed by atoms with E-state index in [9.17, 15) is 19.2 Å². The number of nitrogens with zero attached hydrogens (tertiary/aromatic N) is 2. The average Bonchev–Trinajstić information content (AvgIpc) is 2.97. The standard InChI is InChI=1S/C21H22N2O5/c1-28-21(27)16-8-4-10-17-13(16)9-5-11-22(17)18(24)12-23-19(25)14-6-2-3-7-15(14)20(23)26/h2-4,8,10,14-15H,5-7,9,11-12H2,1H3/t14-,15+. The third-order valence-electron chi connectivity index (χ3n) is 5.85. The number of anilines is 1. The van der Waals surface area contributed by atoms with Gasteiger partial charge in [0.15, 0.2) is 0 Å². The molecule has 3 amide bonds. The van der Waals surface area contributed by atoms with Crippen LogP contribution in [0, 0.1) is 11.8 Å². The van der Waals surface area contributed by atoms with E-state index in [-0.39, 0.29) is 36.1 Å². The van der Waals surface area contributed by atoms with Crippen molar-refractivity contribution in [2.24, 2.45) is 11.8 Å². The Morgan fingerprint density at radius 2 is 1.79 bits per heavy atom. The number of carbonyl (C=O) groups is 4. The van der Waals surface area contributed by atoms with Crippen molar-refractivity contribution in [2.45, 2.75) is 25.7 Å². The van der Waals surface area contributed by atoms with Gasteiger partial charge >= 0.3 is 5.97 Å². The number of methoxy groups -OCH3 is 1. The molecule has 0 bridgehead atoms. The summed E-state index contributed by atoms with van der Waals surface area (Å²) in [6.07, 6.45) is 6.31. The van der Waals surface area contributed by atoms with Crippen molar-refractivity contribution in [1.82, 2.24) is 4.90 Å². The van der Waals surface area contributed by atoms with Gasteiger partial charge in [-0.1, -0.05) is 18.2 Å². The number of rotatable bonds is 3. The molecule has 1 aliphatic carbocycles. The summed E-state index contributed by atoms with van der Waals surface area (Å²) < 4.78 is 4.84. The number of imide groups is 1. The summed E-state index contributed by atoms with van der Waals surface area (Å²) in [4.78, 5) is 53.0. The van der Waals surface area contributed by atoms with Crippen molar-refractivity contribution in [3.8, 4) is 0 Å². The number of amides is 3. The minimum atomic E-state index is -0.437. The zero-order valence-corrected chi connectivity index (χ0v) is 15.7. The van der Waals surface area contributed by atoms with E-state index in [4.69, 9.17) is 4.74 Å². The predicted molar refractivity (Wildman–Crippen MR) is 101 cm³/mol. The molecule has 1 aromatic rings. The molecule has 0 unspecified atom stereocenters. The maximum atomic E-state index is 13.0. The summed E-state index contributed by atoms with van der Waals surface area (Å²) in [5.74, 6) is -1.94. The van der Waals surface area contributed by atoms with Crippen LogP contribution in [0.25, 0.3) is 0 Å². The molecule has 1 fully saturated rings. The Kier molecular flexibility index (Phi) is 4.75. The van der Waals surface area contributed by atoms with Gasteiger partial charge in [-0.15, -0.1) is 0 Å². The quantitative estimate of drug-likeness (QED) is 0.451. The van der Waals surface area contributed by atoms with Gasteiger partial charge in [-0.2, -0.15) is 0 Å². The van der Waals surface area contributed by atoms with Gasteiger partial charge in [0.25, 0.3) is 0 Å². The minimum Gasteiger partial charge on any atom is -0.465 e.